The van der Waals surface area contributed by atoms with Crippen LogP contribution >= 0.6 is 11.3 Å². The van der Waals surface area contributed by atoms with Crippen molar-refractivity contribution in [1.29, 1.82) is 0 Å². The molecule has 0 saturated heterocycles. The highest BCUT2D eigenvalue weighted by atomic mass is 32.1. The molecule has 180 valence electrons. The molecular weight excluding hydrogens is 485 g/mol. The van der Waals surface area contributed by atoms with Crippen LogP contribution in [0.5, 0.6) is 11.5 Å². The molecule has 0 spiro atoms. The molecule has 2 aromatic carbocycles. The first-order chi connectivity index (χ1) is 16.1. The molecule has 1 heterocycles. The van der Waals surface area contributed by atoms with Gasteiger partial charge in [0.25, 0.3) is 11.8 Å². The van der Waals surface area contributed by atoms with Gasteiger partial charge in [0.05, 0.1) is 6.54 Å². The molecule has 0 aliphatic rings. The van der Waals surface area contributed by atoms with Crippen molar-refractivity contribution >= 4 is 23.2 Å². The molecule has 3 rings (SSSR count). The number of nitrogens with zero attached hydrogens (tertiary/aromatic N) is 1. The number of aromatic nitrogens is 1. The van der Waals surface area contributed by atoms with Gasteiger partial charge in [0.1, 0.15) is 22.2 Å². The molecule has 7 nitrogen and oxygen atoms in total. The Balaban J connectivity index is 1.42. The lowest BCUT2D eigenvalue weighted by molar-refractivity contribution is -0.274. The Bertz CT molecular complexity index is 1150. The highest BCUT2D eigenvalue weighted by Crippen LogP contribution is 2.24. The van der Waals surface area contributed by atoms with E-state index in [1.54, 1.807) is 0 Å². The third kappa shape index (κ3) is 7.40. The fraction of sp³-hybridized carbons (Fsp3) is 0.190. The molecule has 34 heavy (non-hydrogen) atoms. The van der Waals surface area contributed by atoms with Crippen LogP contribution in [0.25, 0.3) is 0 Å². The van der Waals surface area contributed by atoms with Gasteiger partial charge in [-0.05, 0) is 30.3 Å². The zero-order valence-corrected chi connectivity index (χ0v) is 17.9. The summed E-state index contributed by atoms with van der Waals surface area (Å²) in [5.41, 5.74) is 0.0297. The number of thiazole rings is 1. The predicted octanol–water partition coefficient (Wildman–Crippen LogP) is 3.95. The number of ether oxygens (including phenoxy) is 2. The number of benzene rings is 2. The Kier molecular flexibility index (Phi) is 7.99. The molecule has 2 amide bonds. The number of hydrogen-bond acceptors (Lipinski definition) is 6. The minimum Gasteiger partial charge on any atom is -0.484 e. The molecule has 3 aromatic rings. The van der Waals surface area contributed by atoms with Gasteiger partial charge in [-0.25, -0.2) is 13.8 Å². The summed E-state index contributed by atoms with van der Waals surface area (Å²) in [5, 5.41) is 6.81. The van der Waals surface area contributed by atoms with Gasteiger partial charge in [0.15, 0.2) is 18.2 Å². The van der Waals surface area contributed by atoms with Gasteiger partial charge >= 0.3 is 6.36 Å². The first-order valence-electron chi connectivity index (χ1n) is 9.51. The van der Waals surface area contributed by atoms with E-state index in [1.165, 1.54) is 29.6 Å². The molecule has 0 atom stereocenters. The summed E-state index contributed by atoms with van der Waals surface area (Å²) in [6.45, 7) is -0.638. The topological polar surface area (TPSA) is 89.6 Å². The van der Waals surface area contributed by atoms with Crippen molar-refractivity contribution in [3.63, 3.8) is 0 Å². The van der Waals surface area contributed by atoms with E-state index in [4.69, 9.17) is 4.74 Å². The first-order valence-corrected chi connectivity index (χ1v) is 10.4. The Morgan fingerprint density at radius 2 is 1.68 bits per heavy atom. The van der Waals surface area contributed by atoms with Gasteiger partial charge in [0, 0.05) is 17.5 Å². The average Bonchev–Trinajstić information content (AvgIpc) is 3.26. The summed E-state index contributed by atoms with van der Waals surface area (Å²) >= 11 is 1.10. The third-order valence-corrected chi connectivity index (χ3v) is 4.97. The molecule has 2 N–H and O–H groups in total. The van der Waals surface area contributed by atoms with Crippen LogP contribution < -0.4 is 20.1 Å². The van der Waals surface area contributed by atoms with Gasteiger partial charge in [-0.2, -0.15) is 0 Å². The Labute approximate surface area is 193 Å². The number of carbonyl (C=O) groups excluding carboxylic acids is 2. The van der Waals surface area contributed by atoms with E-state index < -0.39 is 42.2 Å². The van der Waals surface area contributed by atoms with E-state index in [2.05, 4.69) is 20.4 Å². The fourth-order valence-electron chi connectivity index (χ4n) is 2.56. The third-order valence-electron chi connectivity index (χ3n) is 4.12. The van der Waals surface area contributed by atoms with Gasteiger partial charge in [-0.3, -0.25) is 9.59 Å². The Morgan fingerprint density at radius 3 is 2.38 bits per heavy atom. The second-order valence-corrected chi connectivity index (χ2v) is 7.55. The molecule has 0 fully saturated rings. The molecule has 0 aliphatic carbocycles. The maximum absolute atomic E-state index is 13.6. The van der Waals surface area contributed by atoms with Crippen LogP contribution in [0, 0.1) is 11.6 Å². The number of nitrogens with one attached hydrogen (secondary N) is 2. The molecule has 0 saturated carbocycles. The van der Waals surface area contributed by atoms with Crippen molar-refractivity contribution in [3.05, 3.63) is 75.7 Å². The zero-order valence-electron chi connectivity index (χ0n) is 17.1. The van der Waals surface area contributed by atoms with Crippen LogP contribution in [0.4, 0.5) is 22.0 Å². The summed E-state index contributed by atoms with van der Waals surface area (Å²) < 4.78 is 72.2. The van der Waals surface area contributed by atoms with Crippen molar-refractivity contribution in [1.82, 2.24) is 15.6 Å². The van der Waals surface area contributed by atoms with Crippen molar-refractivity contribution in [2.75, 3.05) is 6.61 Å². The minimum absolute atomic E-state index is 0.00295. The van der Waals surface area contributed by atoms with Crippen molar-refractivity contribution in [2.45, 2.75) is 19.5 Å². The first kappa shape index (κ1) is 24.9. The van der Waals surface area contributed by atoms with E-state index in [0.717, 1.165) is 29.5 Å². The molecule has 1 aromatic heterocycles. The summed E-state index contributed by atoms with van der Waals surface area (Å²) in [7, 11) is 0. The van der Waals surface area contributed by atoms with Crippen molar-refractivity contribution in [3.8, 4) is 11.5 Å². The highest BCUT2D eigenvalue weighted by molar-refractivity contribution is 7.09. The van der Waals surface area contributed by atoms with E-state index in [1.807, 2.05) is 0 Å². The van der Waals surface area contributed by atoms with Gasteiger partial charge in [0.2, 0.25) is 0 Å². The van der Waals surface area contributed by atoms with Crippen LogP contribution in [-0.2, 0) is 17.9 Å². The Hall–Kier alpha value is -3.74. The number of hydrogen-bond donors (Lipinski definition) is 2. The maximum atomic E-state index is 13.6. The van der Waals surface area contributed by atoms with E-state index >= 15 is 0 Å². The summed E-state index contributed by atoms with van der Waals surface area (Å²) in [6.07, 6.45) is -4.81. The molecule has 0 aliphatic heterocycles. The fourth-order valence-corrected chi connectivity index (χ4v) is 3.27. The molecule has 0 unspecified atom stereocenters. The van der Waals surface area contributed by atoms with Crippen LogP contribution in [0.2, 0.25) is 0 Å². The minimum atomic E-state index is -4.81. The zero-order chi connectivity index (χ0) is 24.7. The Morgan fingerprint density at radius 1 is 0.971 bits per heavy atom. The quantitative estimate of drug-likeness (QED) is 0.434. The van der Waals surface area contributed by atoms with Gasteiger partial charge in [-0.1, -0.05) is 12.1 Å². The van der Waals surface area contributed by atoms with Gasteiger partial charge < -0.3 is 20.1 Å². The lowest BCUT2D eigenvalue weighted by atomic mass is 10.2. The number of amides is 2. The monoisotopic (exact) mass is 501 g/mol. The smallest absolute Gasteiger partial charge is 0.484 e. The second-order valence-electron chi connectivity index (χ2n) is 6.61. The lowest BCUT2D eigenvalue weighted by Gasteiger charge is -2.10. The normalized spacial score (nSPS) is 11.1. The van der Waals surface area contributed by atoms with Gasteiger partial charge in [-0.15, -0.1) is 24.5 Å². The predicted molar refractivity (Wildman–Crippen MR) is 110 cm³/mol. The summed E-state index contributed by atoms with van der Waals surface area (Å²) in [6, 6.07) is 8.16. The molecule has 13 heteroatoms. The summed E-state index contributed by atoms with van der Waals surface area (Å²) in [5.74, 6) is -3.45. The number of alkyl halides is 3. The van der Waals surface area contributed by atoms with E-state index in [-0.39, 0.29) is 30.1 Å². The SMILES string of the molecule is O=C(COc1ccc(OC(F)(F)F)cc1)NCc1nc(C(=O)NCc2cccc(F)c2F)cs1. The molecule has 0 radical (unpaired) electrons. The standard InChI is InChI=1S/C21H16F5N3O4S/c22-15-3-1-2-12(19(15)23)8-28-20(31)16-11-34-18(29-16)9-27-17(30)10-32-13-4-6-14(7-5-13)33-21(24,25)26/h1-7,11H,8-10H2,(H,27,30)(H,28,31). The van der Waals surface area contributed by atoms with Crippen molar-refractivity contribution < 1.29 is 41.0 Å². The van der Waals surface area contributed by atoms with Crippen LogP contribution in [0.3, 0.4) is 0 Å². The van der Waals surface area contributed by atoms with E-state index in [9.17, 15) is 31.5 Å². The number of rotatable bonds is 9. The number of carbonyl (C=O) groups is 2. The number of halogens is 5. The van der Waals surface area contributed by atoms with Crippen LogP contribution in [0.1, 0.15) is 21.1 Å². The largest absolute Gasteiger partial charge is 0.573 e. The van der Waals surface area contributed by atoms with Crippen LogP contribution in [-0.4, -0.2) is 29.8 Å². The molecule has 0 bridgehead atoms. The lowest BCUT2D eigenvalue weighted by Crippen LogP contribution is -2.28. The van der Waals surface area contributed by atoms with Crippen molar-refractivity contribution in [2.24, 2.45) is 0 Å². The summed E-state index contributed by atoms with van der Waals surface area (Å²) in [4.78, 5) is 28.2. The highest BCUT2D eigenvalue weighted by Gasteiger charge is 2.31. The second kappa shape index (κ2) is 10.9. The van der Waals surface area contributed by atoms with E-state index in [0.29, 0.717) is 5.01 Å². The van der Waals surface area contributed by atoms with Crippen LogP contribution in [0.15, 0.2) is 47.8 Å². The molecular formula is C21H16F5N3O4S. The maximum Gasteiger partial charge on any atom is 0.573 e. The average molecular weight is 501 g/mol.